The van der Waals surface area contributed by atoms with Gasteiger partial charge in [-0.15, -0.1) is 0 Å². The summed E-state index contributed by atoms with van der Waals surface area (Å²) < 4.78 is 81.1. The van der Waals surface area contributed by atoms with Gasteiger partial charge in [0.05, 0.1) is 16.7 Å². The van der Waals surface area contributed by atoms with E-state index in [1.807, 2.05) is 0 Å². The molecule has 0 aliphatic carbocycles. The van der Waals surface area contributed by atoms with E-state index in [1.54, 1.807) is 26.0 Å². The molecule has 1 aliphatic rings. The highest BCUT2D eigenvalue weighted by atomic mass is 79.9. The summed E-state index contributed by atoms with van der Waals surface area (Å²) in [6.45, 7) is 3.82. The lowest BCUT2D eigenvalue weighted by molar-refractivity contribution is 0.450. The smallest absolute Gasteiger partial charge is 0.243 e. The summed E-state index contributed by atoms with van der Waals surface area (Å²) in [5, 5.41) is 2.73. The third-order valence-electron chi connectivity index (χ3n) is 5.94. The van der Waals surface area contributed by atoms with Gasteiger partial charge in [0.15, 0.2) is 9.84 Å². The summed E-state index contributed by atoms with van der Waals surface area (Å²) in [4.78, 5) is -0.0110. The number of sulfonamides is 1. The zero-order valence-corrected chi connectivity index (χ0v) is 21.5. The van der Waals surface area contributed by atoms with E-state index in [0.717, 1.165) is 12.1 Å². The molecule has 0 saturated carbocycles. The van der Waals surface area contributed by atoms with Crippen LogP contribution in [0.1, 0.15) is 44.7 Å². The molecule has 0 spiro atoms. The monoisotopic (exact) mass is 564 g/mol. The van der Waals surface area contributed by atoms with Crippen molar-refractivity contribution in [2.24, 2.45) is 5.92 Å². The highest BCUT2D eigenvalue weighted by Crippen LogP contribution is 2.30. The van der Waals surface area contributed by atoms with Crippen LogP contribution in [-0.2, 0) is 19.9 Å². The minimum Gasteiger partial charge on any atom is -0.384 e. The van der Waals surface area contributed by atoms with Gasteiger partial charge in [-0.25, -0.2) is 30.3 Å². The van der Waals surface area contributed by atoms with Gasteiger partial charge in [0.1, 0.15) is 16.5 Å². The van der Waals surface area contributed by atoms with E-state index in [4.69, 9.17) is 0 Å². The molecule has 0 aromatic heterocycles. The third kappa shape index (κ3) is 6.32. The summed E-state index contributed by atoms with van der Waals surface area (Å²) in [7, 11) is -7.13. The number of hydrogen-bond acceptors (Lipinski definition) is 5. The second kappa shape index (κ2) is 10.4. The van der Waals surface area contributed by atoms with Crippen LogP contribution in [0, 0.1) is 17.6 Å². The SMILES string of the molecule is CCC(NS(=O)(=O)c1ccc(Br)cc1NC[C@@H]1CCS(=O)(=O)[C@@H](C)C1)c1ccc(F)cc1F. The maximum Gasteiger partial charge on any atom is 0.243 e. The van der Waals surface area contributed by atoms with E-state index >= 15 is 0 Å². The van der Waals surface area contributed by atoms with Crippen molar-refractivity contribution in [3.8, 4) is 0 Å². The van der Waals surface area contributed by atoms with Crippen molar-refractivity contribution in [1.29, 1.82) is 0 Å². The molecule has 1 fully saturated rings. The quantitative estimate of drug-likeness (QED) is 0.481. The second-order valence-corrected chi connectivity index (χ2v) is 13.5. The summed E-state index contributed by atoms with van der Waals surface area (Å²) in [6.07, 6.45) is 1.27. The largest absolute Gasteiger partial charge is 0.384 e. The van der Waals surface area contributed by atoms with Gasteiger partial charge in [-0.2, -0.15) is 0 Å². The maximum absolute atomic E-state index is 14.3. The van der Waals surface area contributed by atoms with E-state index in [1.165, 1.54) is 12.1 Å². The molecule has 182 valence electrons. The first-order valence-corrected chi connectivity index (χ1v) is 14.6. The minimum absolute atomic E-state index is 0.0110. The maximum atomic E-state index is 14.3. The van der Waals surface area contributed by atoms with Gasteiger partial charge in [-0.05, 0) is 56.4 Å². The standard InChI is InChI=1S/C22H27BrF2N2O4S2/c1-3-20(18-6-5-17(24)12-19(18)25)27-33(30,31)22-7-4-16(23)11-21(22)26-13-15-8-9-32(28,29)14(2)10-15/h4-7,11-12,14-15,20,26-27H,3,8-10,13H2,1-2H3/t14-,15+,20?/m0/s1. The molecule has 0 radical (unpaired) electrons. The first kappa shape index (κ1) is 26.1. The molecule has 6 nitrogen and oxygen atoms in total. The topological polar surface area (TPSA) is 92.3 Å². The average molecular weight is 566 g/mol. The Morgan fingerprint density at radius 3 is 2.55 bits per heavy atom. The van der Waals surface area contributed by atoms with E-state index in [-0.39, 0.29) is 28.6 Å². The Morgan fingerprint density at radius 2 is 1.91 bits per heavy atom. The molecule has 11 heteroatoms. The van der Waals surface area contributed by atoms with Crippen LogP contribution in [0.15, 0.2) is 45.8 Å². The van der Waals surface area contributed by atoms with Crippen LogP contribution in [0.4, 0.5) is 14.5 Å². The van der Waals surface area contributed by atoms with E-state index in [9.17, 15) is 25.6 Å². The summed E-state index contributed by atoms with van der Waals surface area (Å²) in [6, 6.07) is 6.84. The lowest BCUT2D eigenvalue weighted by Gasteiger charge is -2.28. The van der Waals surface area contributed by atoms with Crippen LogP contribution in [-0.4, -0.2) is 34.4 Å². The van der Waals surface area contributed by atoms with Crippen LogP contribution >= 0.6 is 15.9 Å². The van der Waals surface area contributed by atoms with Gasteiger partial charge in [-0.3, -0.25) is 0 Å². The minimum atomic E-state index is -4.07. The van der Waals surface area contributed by atoms with Gasteiger partial charge in [0.2, 0.25) is 10.0 Å². The van der Waals surface area contributed by atoms with Crippen molar-refractivity contribution in [3.63, 3.8) is 0 Å². The number of anilines is 1. The Hall–Kier alpha value is -1.56. The van der Waals surface area contributed by atoms with Crippen molar-refractivity contribution in [1.82, 2.24) is 4.72 Å². The Kier molecular flexibility index (Phi) is 8.19. The molecule has 2 aromatic carbocycles. The number of hydrogen-bond donors (Lipinski definition) is 2. The van der Waals surface area contributed by atoms with Crippen LogP contribution in [0.25, 0.3) is 0 Å². The van der Waals surface area contributed by atoms with Crippen molar-refractivity contribution in [2.45, 2.75) is 49.3 Å². The molecule has 2 N–H and O–H groups in total. The number of halogens is 3. The molecule has 0 amide bonds. The third-order valence-corrected chi connectivity index (χ3v) is 10.2. The fourth-order valence-corrected chi connectivity index (χ4v) is 7.44. The molecule has 1 aliphatic heterocycles. The fraction of sp³-hybridized carbons (Fsp3) is 0.455. The number of benzene rings is 2. The second-order valence-electron chi connectivity index (χ2n) is 8.34. The van der Waals surface area contributed by atoms with E-state index in [0.29, 0.717) is 29.5 Å². The lowest BCUT2D eigenvalue weighted by Crippen LogP contribution is -2.34. The molecule has 3 atom stereocenters. The molecule has 1 heterocycles. The molecule has 3 rings (SSSR count). The predicted molar refractivity (Wildman–Crippen MR) is 128 cm³/mol. The zero-order valence-electron chi connectivity index (χ0n) is 18.3. The van der Waals surface area contributed by atoms with Crippen LogP contribution in [0.5, 0.6) is 0 Å². The Balaban J connectivity index is 1.81. The fourth-order valence-electron chi connectivity index (χ4n) is 3.98. The summed E-state index contributed by atoms with van der Waals surface area (Å²) >= 11 is 3.35. The van der Waals surface area contributed by atoms with E-state index < -0.39 is 42.8 Å². The number of rotatable bonds is 8. The Morgan fingerprint density at radius 1 is 1.18 bits per heavy atom. The van der Waals surface area contributed by atoms with Crippen molar-refractivity contribution in [2.75, 3.05) is 17.6 Å². The molecule has 2 aromatic rings. The Labute approximate surface area is 202 Å². The lowest BCUT2D eigenvalue weighted by atomic mass is 10.00. The molecule has 0 bridgehead atoms. The van der Waals surface area contributed by atoms with Crippen LogP contribution < -0.4 is 10.0 Å². The first-order valence-electron chi connectivity index (χ1n) is 10.6. The van der Waals surface area contributed by atoms with Gasteiger partial charge in [0, 0.05) is 28.7 Å². The van der Waals surface area contributed by atoms with Gasteiger partial charge >= 0.3 is 0 Å². The van der Waals surface area contributed by atoms with Crippen molar-refractivity contribution in [3.05, 3.63) is 58.1 Å². The summed E-state index contributed by atoms with van der Waals surface area (Å²) in [5.74, 6) is -1.35. The molecular weight excluding hydrogens is 538 g/mol. The van der Waals surface area contributed by atoms with Crippen LogP contribution in [0.2, 0.25) is 0 Å². The molecule has 1 saturated heterocycles. The predicted octanol–water partition coefficient (Wildman–Crippen LogP) is 4.78. The molecular formula is C22H27BrF2N2O4S2. The zero-order chi connectivity index (χ0) is 24.4. The van der Waals surface area contributed by atoms with Gasteiger partial charge in [0.25, 0.3) is 0 Å². The summed E-state index contributed by atoms with van der Waals surface area (Å²) in [5.41, 5.74) is 0.416. The normalized spacial score (nSPS) is 21.5. The van der Waals surface area contributed by atoms with Crippen molar-refractivity contribution >= 4 is 41.5 Å². The number of nitrogens with one attached hydrogen (secondary N) is 2. The van der Waals surface area contributed by atoms with Gasteiger partial charge < -0.3 is 5.32 Å². The first-order chi connectivity index (χ1) is 15.4. The van der Waals surface area contributed by atoms with Crippen molar-refractivity contribution < 1.29 is 25.6 Å². The average Bonchev–Trinajstić information content (AvgIpc) is 2.73. The highest BCUT2D eigenvalue weighted by molar-refractivity contribution is 9.10. The molecule has 33 heavy (non-hydrogen) atoms. The number of sulfone groups is 1. The molecule has 1 unspecified atom stereocenters. The van der Waals surface area contributed by atoms with Crippen LogP contribution in [0.3, 0.4) is 0 Å². The van der Waals surface area contributed by atoms with Gasteiger partial charge in [-0.1, -0.05) is 28.9 Å². The highest BCUT2D eigenvalue weighted by Gasteiger charge is 2.31. The van der Waals surface area contributed by atoms with E-state index in [2.05, 4.69) is 26.0 Å². The Bertz CT molecular complexity index is 1220.